The van der Waals surface area contributed by atoms with Crippen molar-refractivity contribution in [1.82, 2.24) is 19.7 Å². The summed E-state index contributed by atoms with van der Waals surface area (Å²) in [7, 11) is 0. The summed E-state index contributed by atoms with van der Waals surface area (Å²) in [6.45, 7) is 8.55. The Balaban J connectivity index is 1.28. The second kappa shape index (κ2) is 10.0. The van der Waals surface area contributed by atoms with E-state index in [1.165, 1.54) is 57.1 Å². The number of hydrogen-bond donors (Lipinski definition) is 0. The molecule has 1 saturated carbocycles. The van der Waals surface area contributed by atoms with Crippen LogP contribution in [-0.4, -0.2) is 70.4 Å². The molecule has 3 heterocycles. The van der Waals surface area contributed by atoms with Crippen molar-refractivity contribution in [3.05, 3.63) is 30.1 Å². The van der Waals surface area contributed by atoms with Gasteiger partial charge in [0.15, 0.2) is 0 Å². The highest BCUT2D eigenvalue weighted by Gasteiger charge is 2.35. The van der Waals surface area contributed by atoms with Crippen LogP contribution in [0.4, 0.5) is 0 Å². The molecule has 29 heavy (non-hydrogen) atoms. The number of piperidine rings is 2. The maximum Gasteiger partial charge on any atom is 0.227 e. The maximum absolute atomic E-state index is 13.3. The van der Waals surface area contributed by atoms with E-state index in [4.69, 9.17) is 0 Å². The Bertz CT molecular complexity index is 638. The van der Waals surface area contributed by atoms with Crippen LogP contribution in [0, 0.1) is 5.92 Å². The molecule has 4 rings (SSSR count). The lowest BCUT2D eigenvalue weighted by Crippen LogP contribution is -2.52. The first-order valence-electron chi connectivity index (χ1n) is 11.9. The monoisotopic (exact) mass is 398 g/mol. The quantitative estimate of drug-likeness (QED) is 0.735. The topological polar surface area (TPSA) is 39.7 Å². The van der Waals surface area contributed by atoms with Crippen LogP contribution in [0.2, 0.25) is 0 Å². The summed E-state index contributed by atoms with van der Waals surface area (Å²) in [6, 6.07) is 5.41. The number of pyridine rings is 1. The zero-order valence-corrected chi connectivity index (χ0v) is 18.1. The fraction of sp³-hybridized carbons (Fsp3) is 0.750. The van der Waals surface area contributed by atoms with Crippen LogP contribution >= 0.6 is 0 Å². The van der Waals surface area contributed by atoms with Gasteiger partial charge in [-0.15, -0.1) is 0 Å². The van der Waals surface area contributed by atoms with Crippen LogP contribution in [0.15, 0.2) is 24.5 Å². The summed E-state index contributed by atoms with van der Waals surface area (Å²) in [5.74, 6) is 0.665. The van der Waals surface area contributed by atoms with E-state index in [0.29, 0.717) is 18.0 Å². The Labute approximate surface area is 176 Å². The normalized spacial score (nSPS) is 25.3. The Morgan fingerprint density at radius 1 is 1.03 bits per heavy atom. The van der Waals surface area contributed by atoms with Crippen molar-refractivity contribution < 1.29 is 4.79 Å². The van der Waals surface area contributed by atoms with Crippen molar-refractivity contribution in [3.63, 3.8) is 0 Å². The highest BCUT2D eigenvalue weighted by atomic mass is 16.2. The third-order valence-electron chi connectivity index (χ3n) is 7.42. The molecule has 1 aliphatic carbocycles. The van der Waals surface area contributed by atoms with Crippen LogP contribution in [-0.2, 0) is 11.3 Å². The third kappa shape index (κ3) is 5.18. The SMILES string of the molecule is CCN(C(=O)[C@H]1CCCN(C2CCN(Cc3ccncc3)CC2)C1)C1CCCC1. The van der Waals surface area contributed by atoms with Gasteiger partial charge in [0.1, 0.15) is 0 Å². The van der Waals surface area contributed by atoms with E-state index < -0.39 is 0 Å². The molecule has 160 valence electrons. The lowest BCUT2D eigenvalue weighted by molar-refractivity contribution is -0.140. The lowest BCUT2D eigenvalue weighted by atomic mass is 9.92. The second-order valence-corrected chi connectivity index (χ2v) is 9.26. The molecule has 0 bridgehead atoms. The highest BCUT2D eigenvalue weighted by molar-refractivity contribution is 5.79. The number of carbonyl (C=O) groups is 1. The summed E-state index contributed by atoms with van der Waals surface area (Å²) in [5.41, 5.74) is 1.36. The number of rotatable bonds is 6. The van der Waals surface area contributed by atoms with E-state index in [1.54, 1.807) is 0 Å². The van der Waals surface area contributed by atoms with Gasteiger partial charge in [0.25, 0.3) is 0 Å². The molecule has 0 spiro atoms. The summed E-state index contributed by atoms with van der Waals surface area (Å²) < 4.78 is 0. The lowest BCUT2D eigenvalue weighted by Gasteiger charge is -2.43. The number of nitrogens with zero attached hydrogens (tertiary/aromatic N) is 4. The third-order valence-corrected chi connectivity index (χ3v) is 7.42. The zero-order valence-electron chi connectivity index (χ0n) is 18.1. The first-order valence-corrected chi connectivity index (χ1v) is 11.9. The number of likely N-dealkylation sites (tertiary alicyclic amines) is 2. The maximum atomic E-state index is 13.3. The molecule has 1 aromatic rings. The highest BCUT2D eigenvalue weighted by Crippen LogP contribution is 2.29. The van der Waals surface area contributed by atoms with Crippen molar-refractivity contribution in [1.29, 1.82) is 0 Å². The molecular formula is C24H38N4O. The molecule has 1 amide bonds. The fourth-order valence-electron chi connectivity index (χ4n) is 5.77. The van der Waals surface area contributed by atoms with Gasteiger partial charge in [-0.25, -0.2) is 0 Å². The molecule has 0 radical (unpaired) electrons. The van der Waals surface area contributed by atoms with Crippen LogP contribution in [0.5, 0.6) is 0 Å². The molecule has 1 atom stereocenters. The Morgan fingerprint density at radius 3 is 2.45 bits per heavy atom. The molecule has 3 aliphatic rings. The molecule has 0 aromatic carbocycles. The van der Waals surface area contributed by atoms with E-state index in [0.717, 1.165) is 39.1 Å². The van der Waals surface area contributed by atoms with Gasteiger partial charge in [-0.05, 0) is 82.8 Å². The van der Waals surface area contributed by atoms with Gasteiger partial charge in [0.05, 0.1) is 5.92 Å². The first kappa shape index (κ1) is 20.8. The predicted molar refractivity (Wildman–Crippen MR) is 116 cm³/mol. The van der Waals surface area contributed by atoms with Crippen molar-refractivity contribution >= 4 is 5.91 Å². The summed E-state index contributed by atoms with van der Waals surface area (Å²) >= 11 is 0. The minimum absolute atomic E-state index is 0.221. The van der Waals surface area contributed by atoms with Crippen molar-refractivity contribution in [2.24, 2.45) is 5.92 Å². The summed E-state index contributed by atoms with van der Waals surface area (Å²) in [4.78, 5) is 24.8. The molecule has 5 heteroatoms. The Morgan fingerprint density at radius 2 is 1.76 bits per heavy atom. The average molecular weight is 399 g/mol. The van der Waals surface area contributed by atoms with Crippen LogP contribution in [0.25, 0.3) is 0 Å². The number of carbonyl (C=O) groups excluding carboxylic acids is 1. The van der Waals surface area contributed by atoms with E-state index in [9.17, 15) is 4.79 Å². The molecule has 2 saturated heterocycles. The fourth-order valence-corrected chi connectivity index (χ4v) is 5.77. The Kier molecular flexibility index (Phi) is 7.20. The predicted octanol–water partition coefficient (Wildman–Crippen LogP) is 3.55. The van der Waals surface area contributed by atoms with Gasteiger partial charge in [-0.1, -0.05) is 12.8 Å². The van der Waals surface area contributed by atoms with Crippen LogP contribution in [0.3, 0.4) is 0 Å². The molecule has 5 nitrogen and oxygen atoms in total. The van der Waals surface area contributed by atoms with Crippen molar-refractivity contribution in [3.8, 4) is 0 Å². The molecule has 3 fully saturated rings. The van der Waals surface area contributed by atoms with E-state index in [-0.39, 0.29) is 5.92 Å². The summed E-state index contributed by atoms with van der Waals surface area (Å²) in [6.07, 6.45) is 13.5. The number of amides is 1. The average Bonchev–Trinajstić information content (AvgIpc) is 3.30. The number of hydrogen-bond acceptors (Lipinski definition) is 4. The minimum Gasteiger partial charge on any atom is -0.340 e. The number of aromatic nitrogens is 1. The standard InChI is InChI=1S/C24H38N4O/c1-2-28(23-7-3-4-8-23)24(29)21-6-5-15-27(19-21)22-11-16-26(17-12-22)18-20-9-13-25-14-10-20/h9-10,13-14,21-23H,2-8,11-12,15-19H2,1H3/t21-/m0/s1. The van der Waals surface area contributed by atoms with Gasteiger partial charge in [0.2, 0.25) is 5.91 Å². The van der Waals surface area contributed by atoms with E-state index >= 15 is 0 Å². The van der Waals surface area contributed by atoms with Crippen molar-refractivity contribution in [2.75, 3.05) is 32.7 Å². The zero-order chi connectivity index (χ0) is 20.1. The van der Waals surface area contributed by atoms with Crippen LogP contribution in [0.1, 0.15) is 63.9 Å². The van der Waals surface area contributed by atoms with Gasteiger partial charge < -0.3 is 4.90 Å². The van der Waals surface area contributed by atoms with Gasteiger partial charge in [0, 0.05) is 44.1 Å². The van der Waals surface area contributed by atoms with Gasteiger partial charge >= 0.3 is 0 Å². The smallest absolute Gasteiger partial charge is 0.227 e. The molecule has 1 aromatic heterocycles. The second-order valence-electron chi connectivity index (χ2n) is 9.26. The largest absolute Gasteiger partial charge is 0.340 e. The minimum atomic E-state index is 0.221. The van der Waals surface area contributed by atoms with Crippen LogP contribution < -0.4 is 0 Å². The first-order chi connectivity index (χ1) is 14.2. The van der Waals surface area contributed by atoms with E-state index in [2.05, 4.69) is 38.7 Å². The van der Waals surface area contributed by atoms with Gasteiger partial charge in [-0.2, -0.15) is 0 Å². The summed E-state index contributed by atoms with van der Waals surface area (Å²) in [5, 5.41) is 0. The molecule has 2 aliphatic heterocycles. The van der Waals surface area contributed by atoms with Gasteiger partial charge in [-0.3, -0.25) is 19.6 Å². The molecular weight excluding hydrogens is 360 g/mol. The van der Waals surface area contributed by atoms with Crippen molar-refractivity contribution in [2.45, 2.75) is 76.9 Å². The molecule has 0 unspecified atom stereocenters. The molecule has 0 N–H and O–H groups in total. The van der Waals surface area contributed by atoms with E-state index in [1.807, 2.05) is 12.4 Å². The Hall–Kier alpha value is -1.46.